The molecule has 1 aliphatic rings. The van der Waals surface area contributed by atoms with Crippen molar-refractivity contribution in [3.8, 4) is 6.07 Å². The molecule has 0 aromatic carbocycles. The van der Waals surface area contributed by atoms with Crippen molar-refractivity contribution in [1.82, 2.24) is 4.98 Å². The molecule has 1 saturated carbocycles. The quantitative estimate of drug-likeness (QED) is 0.799. The van der Waals surface area contributed by atoms with Gasteiger partial charge >= 0.3 is 0 Å². The molecule has 0 aliphatic heterocycles. The summed E-state index contributed by atoms with van der Waals surface area (Å²) in [5.41, 5.74) is 0.727. The monoisotopic (exact) mass is 228 g/mol. The van der Waals surface area contributed by atoms with Crippen LogP contribution < -0.4 is 0 Å². The molecule has 0 bridgehead atoms. The van der Waals surface area contributed by atoms with Gasteiger partial charge in [-0.3, -0.25) is 9.78 Å². The van der Waals surface area contributed by atoms with Gasteiger partial charge in [-0.05, 0) is 24.5 Å². The highest BCUT2D eigenvalue weighted by atomic mass is 16.1. The van der Waals surface area contributed by atoms with Crippen LogP contribution in [0.1, 0.15) is 43.6 Å². The van der Waals surface area contributed by atoms with E-state index in [0.29, 0.717) is 0 Å². The molecule has 88 valence electrons. The Morgan fingerprint density at radius 2 is 2.18 bits per heavy atom. The number of carbonyl (C=O) groups excluding carboxylic acids is 1. The third kappa shape index (κ3) is 2.71. The first kappa shape index (κ1) is 11.8. The van der Waals surface area contributed by atoms with Crippen molar-refractivity contribution >= 4 is 5.78 Å². The Kier molecular flexibility index (Phi) is 3.87. The Bertz CT molecular complexity index is 416. The number of hydrogen-bond acceptors (Lipinski definition) is 3. The zero-order valence-corrected chi connectivity index (χ0v) is 9.80. The summed E-state index contributed by atoms with van der Waals surface area (Å²) in [5, 5.41) is 9.18. The van der Waals surface area contributed by atoms with E-state index in [0.717, 1.165) is 31.2 Å². The van der Waals surface area contributed by atoms with E-state index in [4.69, 9.17) is 0 Å². The van der Waals surface area contributed by atoms with Crippen molar-refractivity contribution < 1.29 is 4.79 Å². The summed E-state index contributed by atoms with van der Waals surface area (Å²) in [7, 11) is 0. The standard InChI is InChI=1S/C14H16N2O/c15-9-13(12-7-4-8-16-10-12)14(17)11-5-2-1-3-6-11/h4,7-8,10-11,13H,1-3,5-6H2. The Morgan fingerprint density at radius 1 is 1.41 bits per heavy atom. The molecule has 1 heterocycles. The average molecular weight is 228 g/mol. The fourth-order valence-electron chi connectivity index (χ4n) is 2.47. The van der Waals surface area contributed by atoms with Crippen molar-refractivity contribution in [3.05, 3.63) is 30.1 Å². The van der Waals surface area contributed by atoms with E-state index in [1.165, 1.54) is 6.42 Å². The van der Waals surface area contributed by atoms with Gasteiger partial charge < -0.3 is 0 Å². The van der Waals surface area contributed by atoms with E-state index in [1.807, 2.05) is 6.07 Å². The molecule has 17 heavy (non-hydrogen) atoms. The molecule has 0 amide bonds. The predicted molar refractivity (Wildman–Crippen MR) is 64.2 cm³/mol. The number of Topliss-reactive ketones (excluding diaryl/α,β-unsaturated/α-hetero) is 1. The maximum absolute atomic E-state index is 12.3. The molecule has 1 unspecified atom stereocenters. The van der Waals surface area contributed by atoms with Gasteiger partial charge in [0.2, 0.25) is 0 Å². The van der Waals surface area contributed by atoms with Crippen molar-refractivity contribution in [2.75, 3.05) is 0 Å². The maximum atomic E-state index is 12.3. The highest BCUT2D eigenvalue weighted by Crippen LogP contribution is 2.29. The van der Waals surface area contributed by atoms with Gasteiger partial charge in [0, 0.05) is 18.3 Å². The number of hydrogen-bond donors (Lipinski definition) is 0. The van der Waals surface area contributed by atoms with Gasteiger partial charge in [0.15, 0.2) is 5.78 Å². The average Bonchev–Trinajstić information content (AvgIpc) is 2.42. The Morgan fingerprint density at radius 3 is 2.76 bits per heavy atom. The third-order valence-electron chi connectivity index (χ3n) is 3.44. The summed E-state index contributed by atoms with van der Waals surface area (Å²) in [4.78, 5) is 16.3. The minimum Gasteiger partial charge on any atom is -0.298 e. The molecule has 1 aliphatic carbocycles. The highest BCUT2D eigenvalue weighted by Gasteiger charge is 2.29. The number of nitriles is 1. The summed E-state index contributed by atoms with van der Waals surface area (Å²) in [6, 6.07) is 5.70. The highest BCUT2D eigenvalue weighted by molar-refractivity contribution is 5.90. The molecule has 0 radical (unpaired) electrons. The lowest BCUT2D eigenvalue weighted by Gasteiger charge is -2.22. The third-order valence-corrected chi connectivity index (χ3v) is 3.44. The number of aromatic nitrogens is 1. The van der Waals surface area contributed by atoms with Crippen LogP contribution in [0.4, 0.5) is 0 Å². The predicted octanol–water partition coefficient (Wildman–Crippen LogP) is 2.84. The summed E-state index contributed by atoms with van der Waals surface area (Å²) in [6.07, 6.45) is 8.60. The zero-order chi connectivity index (χ0) is 12.1. The maximum Gasteiger partial charge on any atom is 0.157 e. The molecule has 2 rings (SSSR count). The van der Waals surface area contributed by atoms with Crippen LogP contribution >= 0.6 is 0 Å². The number of carbonyl (C=O) groups is 1. The number of nitrogens with zero attached hydrogens (tertiary/aromatic N) is 2. The van der Waals surface area contributed by atoms with Gasteiger partial charge in [-0.15, -0.1) is 0 Å². The Balaban J connectivity index is 2.13. The molecule has 0 N–H and O–H groups in total. The van der Waals surface area contributed by atoms with E-state index in [9.17, 15) is 10.1 Å². The summed E-state index contributed by atoms with van der Waals surface area (Å²) < 4.78 is 0. The van der Waals surface area contributed by atoms with E-state index in [-0.39, 0.29) is 11.7 Å². The molecular formula is C14H16N2O. The molecule has 1 fully saturated rings. The topological polar surface area (TPSA) is 53.8 Å². The lowest BCUT2D eigenvalue weighted by molar-refractivity contribution is -0.124. The van der Waals surface area contributed by atoms with Crippen LogP contribution in [0, 0.1) is 17.2 Å². The largest absolute Gasteiger partial charge is 0.298 e. The normalized spacial score (nSPS) is 18.3. The first-order valence-electron chi connectivity index (χ1n) is 6.16. The summed E-state index contributed by atoms with van der Waals surface area (Å²) in [5.74, 6) is -0.472. The molecule has 1 aromatic heterocycles. The fraction of sp³-hybridized carbons (Fsp3) is 0.500. The van der Waals surface area contributed by atoms with Crippen LogP contribution in [0.3, 0.4) is 0 Å². The molecule has 1 aromatic rings. The van der Waals surface area contributed by atoms with Gasteiger partial charge in [0.25, 0.3) is 0 Å². The van der Waals surface area contributed by atoms with Crippen molar-refractivity contribution in [1.29, 1.82) is 5.26 Å². The molecular weight excluding hydrogens is 212 g/mol. The van der Waals surface area contributed by atoms with E-state index in [1.54, 1.807) is 18.5 Å². The fourth-order valence-corrected chi connectivity index (χ4v) is 2.47. The lowest BCUT2D eigenvalue weighted by atomic mass is 9.80. The molecule has 0 spiro atoms. The molecule has 3 nitrogen and oxygen atoms in total. The lowest BCUT2D eigenvalue weighted by Crippen LogP contribution is -2.23. The first-order chi connectivity index (χ1) is 8.33. The smallest absolute Gasteiger partial charge is 0.157 e. The van der Waals surface area contributed by atoms with E-state index in [2.05, 4.69) is 11.1 Å². The summed E-state index contributed by atoms with van der Waals surface area (Å²) in [6.45, 7) is 0. The molecule has 0 saturated heterocycles. The zero-order valence-electron chi connectivity index (χ0n) is 9.80. The number of pyridine rings is 1. The van der Waals surface area contributed by atoms with Gasteiger partial charge in [-0.2, -0.15) is 5.26 Å². The van der Waals surface area contributed by atoms with E-state index >= 15 is 0 Å². The van der Waals surface area contributed by atoms with Crippen LogP contribution in [0.25, 0.3) is 0 Å². The second-order valence-electron chi connectivity index (χ2n) is 4.59. The van der Waals surface area contributed by atoms with Gasteiger partial charge in [0.1, 0.15) is 5.92 Å². The number of rotatable bonds is 3. The van der Waals surface area contributed by atoms with Crippen molar-refractivity contribution in [2.45, 2.75) is 38.0 Å². The second-order valence-corrected chi connectivity index (χ2v) is 4.59. The number of ketones is 1. The molecule has 1 atom stereocenters. The van der Waals surface area contributed by atoms with Crippen molar-refractivity contribution in [2.24, 2.45) is 5.92 Å². The van der Waals surface area contributed by atoms with Crippen LogP contribution in [-0.4, -0.2) is 10.8 Å². The minimum absolute atomic E-state index is 0.0774. The van der Waals surface area contributed by atoms with Crippen LogP contribution in [0.2, 0.25) is 0 Å². The minimum atomic E-state index is -0.633. The summed E-state index contributed by atoms with van der Waals surface area (Å²) >= 11 is 0. The SMILES string of the molecule is N#CC(C(=O)C1CCCCC1)c1cccnc1. The second kappa shape index (κ2) is 5.58. The van der Waals surface area contributed by atoms with Crippen LogP contribution in [0.15, 0.2) is 24.5 Å². The Labute approximate surface area is 101 Å². The van der Waals surface area contributed by atoms with E-state index < -0.39 is 5.92 Å². The van der Waals surface area contributed by atoms with Crippen molar-refractivity contribution in [3.63, 3.8) is 0 Å². The van der Waals surface area contributed by atoms with Gasteiger partial charge in [-0.25, -0.2) is 0 Å². The first-order valence-corrected chi connectivity index (χ1v) is 6.16. The van der Waals surface area contributed by atoms with Gasteiger partial charge in [-0.1, -0.05) is 25.3 Å². The molecule has 3 heteroatoms. The van der Waals surface area contributed by atoms with Gasteiger partial charge in [0.05, 0.1) is 6.07 Å². The van der Waals surface area contributed by atoms with Crippen LogP contribution in [0.5, 0.6) is 0 Å². The Hall–Kier alpha value is -1.69. The van der Waals surface area contributed by atoms with Crippen LogP contribution in [-0.2, 0) is 4.79 Å².